The molecule has 1 atom stereocenters. The van der Waals surface area contributed by atoms with Gasteiger partial charge in [-0.3, -0.25) is 15.0 Å². The fraction of sp³-hybridized carbons (Fsp3) is 0.371. The van der Waals surface area contributed by atoms with Crippen molar-refractivity contribution in [1.82, 2.24) is 21.1 Å². The van der Waals surface area contributed by atoms with Gasteiger partial charge in [-0.05, 0) is 60.8 Å². The van der Waals surface area contributed by atoms with Crippen molar-refractivity contribution in [3.05, 3.63) is 95.6 Å². The average Bonchev–Trinajstić information content (AvgIpc) is 3.34. The van der Waals surface area contributed by atoms with Crippen molar-refractivity contribution < 1.29 is 28.7 Å². The van der Waals surface area contributed by atoms with E-state index >= 15 is 0 Å². The number of benzene rings is 3. The van der Waals surface area contributed by atoms with E-state index in [1.807, 2.05) is 73.7 Å². The number of hydrazine groups is 1. The fourth-order valence-electron chi connectivity index (χ4n) is 5.19. The minimum Gasteiger partial charge on any atom is -0.449 e. The van der Waals surface area contributed by atoms with E-state index in [4.69, 9.17) is 9.47 Å². The molecule has 1 aliphatic rings. The molecule has 0 bridgehead atoms. The largest absolute Gasteiger partial charge is 0.449 e. The van der Waals surface area contributed by atoms with Gasteiger partial charge in [-0.2, -0.15) is 0 Å². The maximum atomic E-state index is 13.6. The number of hydrogen-bond acceptors (Lipinski definition) is 7. The van der Waals surface area contributed by atoms with Crippen LogP contribution in [0.3, 0.4) is 0 Å². The molecule has 3 aromatic rings. The van der Waals surface area contributed by atoms with Crippen molar-refractivity contribution >= 4 is 35.1 Å². The highest BCUT2D eigenvalue weighted by Crippen LogP contribution is 2.44. The normalized spacial score (nSPS) is 12.7. The number of nitrogens with zero attached hydrogens (tertiary/aromatic N) is 1. The number of carbonyl (C=O) groups is 4. The SMILES string of the molecule is CCSC(=O)N(CCCNC(=O)OC(C)(C)C)NC(=O)[C@H](Cc1ccccc1)NC(=O)OCC1c2ccccc2-c2ccccc21. The van der Waals surface area contributed by atoms with Crippen LogP contribution >= 0.6 is 11.8 Å². The summed E-state index contributed by atoms with van der Waals surface area (Å²) in [4.78, 5) is 51.7. The predicted molar refractivity (Wildman–Crippen MR) is 179 cm³/mol. The van der Waals surface area contributed by atoms with Crippen LogP contribution in [-0.4, -0.2) is 65.4 Å². The third-order valence-electron chi connectivity index (χ3n) is 7.19. The summed E-state index contributed by atoms with van der Waals surface area (Å²) in [5, 5.41) is 6.24. The summed E-state index contributed by atoms with van der Waals surface area (Å²) in [7, 11) is 0. The van der Waals surface area contributed by atoms with Crippen molar-refractivity contribution in [2.45, 2.75) is 58.1 Å². The van der Waals surface area contributed by atoms with Crippen LogP contribution in [0.25, 0.3) is 11.1 Å². The van der Waals surface area contributed by atoms with E-state index < -0.39 is 29.7 Å². The number of alkyl carbamates (subject to hydrolysis) is 2. The van der Waals surface area contributed by atoms with E-state index in [9.17, 15) is 19.2 Å². The quantitative estimate of drug-likeness (QED) is 0.166. The number of hydrogen-bond donors (Lipinski definition) is 3. The first-order valence-electron chi connectivity index (χ1n) is 15.4. The predicted octanol–water partition coefficient (Wildman–Crippen LogP) is 6.26. The molecule has 0 spiro atoms. The summed E-state index contributed by atoms with van der Waals surface area (Å²) in [5.74, 6) is -0.192. The molecule has 46 heavy (non-hydrogen) atoms. The van der Waals surface area contributed by atoms with Crippen LogP contribution in [0, 0.1) is 0 Å². The van der Waals surface area contributed by atoms with E-state index in [-0.39, 0.29) is 37.3 Å². The second kappa shape index (κ2) is 16.2. The fourth-order valence-corrected chi connectivity index (χ4v) is 5.73. The first-order chi connectivity index (χ1) is 22.1. The molecule has 0 aliphatic heterocycles. The van der Waals surface area contributed by atoms with Gasteiger partial charge in [0.1, 0.15) is 18.2 Å². The topological polar surface area (TPSA) is 126 Å². The van der Waals surface area contributed by atoms with Gasteiger partial charge in [-0.1, -0.05) is 97.5 Å². The molecular formula is C35H42N4O6S. The van der Waals surface area contributed by atoms with Crippen LogP contribution in [0.2, 0.25) is 0 Å². The molecule has 1 aliphatic carbocycles. The van der Waals surface area contributed by atoms with Crippen LogP contribution in [0.5, 0.6) is 0 Å². The molecule has 0 fully saturated rings. The van der Waals surface area contributed by atoms with Gasteiger partial charge in [0.05, 0.1) is 0 Å². The Balaban J connectivity index is 1.41. The number of rotatable bonds is 11. The van der Waals surface area contributed by atoms with Gasteiger partial charge in [0, 0.05) is 25.4 Å². The molecule has 3 N–H and O–H groups in total. The molecule has 10 nitrogen and oxygen atoms in total. The summed E-state index contributed by atoms with van der Waals surface area (Å²) < 4.78 is 11.0. The lowest BCUT2D eigenvalue weighted by Crippen LogP contribution is -2.54. The second-order valence-electron chi connectivity index (χ2n) is 11.8. The van der Waals surface area contributed by atoms with Crippen LogP contribution in [0.15, 0.2) is 78.9 Å². The zero-order chi connectivity index (χ0) is 33.1. The minimum absolute atomic E-state index is 0.0991. The van der Waals surface area contributed by atoms with Crippen LogP contribution in [-0.2, 0) is 20.7 Å². The number of fused-ring (bicyclic) bond motifs is 3. The smallest absolute Gasteiger partial charge is 0.407 e. The summed E-state index contributed by atoms with van der Waals surface area (Å²) >= 11 is 1.04. The number of amides is 4. The Hall–Kier alpha value is -4.51. The van der Waals surface area contributed by atoms with Gasteiger partial charge < -0.3 is 20.1 Å². The standard InChI is InChI=1S/C35H42N4O6S/c1-5-46-34(43)39(21-13-20-36-32(41)45-35(2,3)4)38-31(40)30(22-24-14-7-6-8-15-24)37-33(42)44-23-29-27-18-11-9-16-25(27)26-17-10-12-19-28(26)29/h6-12,14-19,29-30H,5,13,20-23H2,1-4H3,(H,36,41)(H,37,42)(H,38,40)/t30-/m0/s1. The summed E-state index contributed by atoms with van der Waals surface area (Å²) in [5.41, 5.74) is 7.27. The summed E-state index contributed by atoms with van der Waals surface area (Å²) in [6, 6.07) is 24.4. The highest BCUT2D eigenvalue weighted by Gasteiger charge is 2.30. The third-order valence-corrected chi connectivity index (χ3v) is 7.95. The molecule has 0 saturated heterocycles. The molecule has 4 rings (SSSR count). The van der Waals surface area contributed by atoms with Gasteiger partial charge in [-0.15, -0.1) is 0 Å². The second-order valence-corrected chi connectivity index (χ2v) is 13.0. The van der Waals surface area contributed by atoms with Gasteiger partial charge >= 0.3 is 12.2 Å². The molecule has 0 heterocycles. The van der Waals surface area contributed by atoms with Crippen LogP contribution < -0.4 is 16.1 Å². The highest BCUT2D eigenvalue weighted by atomic mass is 32.2. The van der Waals surface area contributed by atoms with Crippen LogP contribution in [0.1, 0.15) is 56.7 Å². The maximum absolute atomic E-state index is 13.6. The lowest BCUT2D eigenvalue weighted by atomic mass is 9.98. The summed E-state index contributed by atoms with van der Waals surface area (Å²) in [6.45, 7) is 7.62. The van der Waals surface area contributed by atoms with Crippen molar-refractivity contribution in [2.75, 3.05) is 25.4 Å². The molecule has 4 amide bonds. The van der Waals surface area contributed by atoms with Gasteiger partial charge in [0.15, 0.2) is 0 Å². The number of ether oxygens (including phenoxy) is 2. The van der Waals surface area contributed by atoms with Gasteiger partial charge in [-0.25, -0.2) is 14.6 Å². The van der Waals surface area contributed by atoms with Crippen molar-refractivity contribution in [1.29, 1.82) is 0 Å². The van der Waals surface area contributed by atoms with Crippen molar-refractivity contribution in [3.8, 4) is 11.1 Å². The molecule has 0 saturated carbocycles. The number of nitrogens with one attached hydrogen (secondary N) is 3. The van der Waals surface area contributed by atoms with Crippen molar-refractivity contribution in [3.63, 3.8) is 0 Å². The van der Waals surface area contributed by atoms with E-state index in [0.717, 1.165) is 39.6 Å². The van der Waals surface area contributed by atoms with Gasteiger partial charge in [0.2, 0.25) is 0 Å². The van der Waals surface area contributed by atoms with E-state index in [0.29, 0.717) is 12.2 Å². The average molecular weight is 647 g/mol. The lowest BCUT2D eigenvalue weighted by molar-refractivity contribution is -0.126. The lowest BCUT2D eigenvalue weighted by Gasteiger charge is -2.26. The first kappa shape index (κ1) is 34.4. The molecule has 11 heteroatoms. The molecule has 0 unspecified atom stereocenters. The Bertz CT molecular complexity index is 1460. The van der Waals surface area contributed by atoms with Gasteiger partial charge in [0.25, 0.3) is 11.1 Å². The Kier molecular flexibility index (Phi) is 12.1. The van der Waals surface area contributed by atoms with E-state index in [1.54, 1.807) is 20.8 Å². The monoisotopic (exact) mass is 646 g/mol. The summed E-state index contributed by atoms with van der Waals surface area (Å²) in [6.07, 6.45) is -0.758. The molecule has 0 radical (unpaired) electrons. The zero-order valence-corrected chi connectivity index (χ0v) is 27.5. The molecular weight excluding hydrogens is 604 g/mol. The molecule has 0 aromatic heterocycles. The maximum Gasteiger partial charge on any atom is 0.407 e. The zero-order valence-electron chi connectivity index (χ0n) is 26.7. The minimum atomic E-state index is -1.03. The molecule has 3 aromatic carbocycles. The Morgan fingerprint density at radius 2 is 1.48 bits per heavy atom. The molecule has 244 valence electrons. The van der Waals surface area contributed by atoms with E-state index in [1.165, 1.54) is 5.01 Å². The Morgan fingerprint density at radius 1 is 0.870 bits per heavy atom. The number of thioether (sulfide) groups is 1. The van der Waals surface area contributed by atoms with Crippen LogP contribution in [0.4, 0.5) is 14.4 Å². The first-order valence-corrected chi connectivity index (χ1v) is 16.4. The Morgan fingerprint density at radius 3 is 2.09 bits per heavy atom. The van der Waals surface area contributed by atoms with E-state index in [2.05, 4.69) is 28.2 Å². The number of carbonyl (C=O) groups excluding carboxylic acids is 4. The Labute approximate surface area is 274 Å². The van der Waals surface area contributed by atoms with Crippen molar-refractivity contribution in [2.24, 2.45) is 0 Å². The highest BCUT2D eigenvalue weighted by molar-refractivity contribution is 8.13. The third kappa shape index (κ3) is 9.74.